The molecule has 2 aliphatic heterocycles. The van der Waals surface area contributed by atoms with Crippen LogP contribution in [0.2, 0.25) is 0 Å². The van der Waals surface area contributed by atoms with Crippen LogP contribution in [0.3, 0.4) is 0 Å². The summed E-state index contributed by atoms with van der Waals surface area (Å²) in [5.74, 6) is 5.40. The summed E-state index contributed by atoms with van der Waals surface area (Å²) in [6, 6.07) is 45.9. The third-order valence-electron chi connectivity index (χ3n) is 23.9. The van der Waals surface area contributed by atoms with Gasteiger partial charge in [0.2, 0.25) is 0 Å². The van der Waals surface area contributed by atoms with Crippen molar-refractivity contribution in [2.24, 2.45) is 35.5 Å². The molecule has 7 aromatic carbocycles. The van der Waals surface area contributed by atoms with Crippen LogP contribution in [-0.4, -0.2) is 11.3 Å². The molecule has 0 spiro atoms. The van der Waals surface area contributed by atoms with E-state index >= 15 is 0 Å². The van der Waals surface area contributed by atoms with E-state index in [1.165, 1.54) is 184 Å². The molecule has 3 heterocycles. The monoisotopic (exact) mass is 977 g/mol. The molecular formula is C72H73BN2. The number of nitrogens with zero attached hydrogens (tertiary/aromatic N) is 2. The lowest BCUT2D eigenvalue weighted by atomic mass is 9.44. The summed E-state index contributed by atoms with van der Waals surface area (Å²) in [7, 11) is 0. The Morgan fingerprint density at radius 2 is 1.05 bits per heavy atom. The number of hydrogen-bond donors (Lipinski definition) is 0. The molecule has 8 bridgehead atoms. The van der Waals surface area contributed by atoms with Gasteiger partial charge >= 0.3 is 6.85 Å². The van der Waals surface area contributed by atoms with Gasteiger partial charge in [0.05, 0.1) is 0 Å². The molecule has 0 radical (unpaired) electrons. The van der Waals surface area contributed by atoms with E-state index in [1.54, 1.807) is 27.8 Å². The Kier molecular flexibility index (Phi) is 8.10. The molecule has 8 aromatic rings. The van der Waals surface area contributed by atoms with Crippen LogP contribution in [0.15, 0.2) is 109 Å². The number of aromatic nitrogens is 1. The number of benzene rings is 7. The van der Waals surface area contributed by atoms with Gasteiger partial charge < -0.3 is 9.38 Å². The molecule has 0 saturated heterocycles. The summed E-state index contributed by atoms with van der Waals surface area (Å²) >= 11 is 0. The van der Waals surface area contributed by atoms with Crippen molar-refractivity contribution in [3.63, 3.8) is 0 Å². The van der Waals surface area contributed by atoms with Crippen molar-refractivity contribution < 1.29 is 0 Å². The van der Waals surface area contributed by atoms with Gasteiger partial charge in [-0.1, -0.05) is 108 Å². The smallest absolute Gasteiger partial charge is 0.333 e. The Morgan fingerprint density at radius 3 is 1.71 bits per heavy atom. The van der Waals surface area contributed by atoms with E-state index in [1.807, 2.05) is 0 Å². The number of hydrogen-bond acceptors (Lipinski definition) is 1. The Balaban J connectivity index is 0.995. The zero-order chi connectivity index (χ0) is 50.0. The van der Waals surface area contributed by atoms with Crippen molar-refractivity contribution in [3.05, 3.63) is 148 Å². The predicted molar refractivity (Wildman–Crippen MR) is 315 cm³/mol. The van der Waals surface area contributed by atoms with Crippen molar-refractivity contribution in [3.8, 4) is 22.3 Å². The van der Waals surface area contributed by atoms with Crippen LogP contribution in [0.1, 0.15) is 170 Å². The van der Waals surface area contributed by atoms with Crippen LogP contribution in [-0.2, 0) is 27.1 Å². The molecule has 12 aliphatic rings. The highest BCUT2D eigenvalue weighted by Crippen LogP contribution is 2.65. The summed E-state index contributed by atoms with van der Waals surface area (Å²) in [6.45, 7) is 17.6. The molecular weight excluding hydrogens is 904 g/mol. The molecule has 0 atom stereocenters. The topological polar surface area (TPSA) is 8.17 Å². The molecule has 0 amide bonds. The zero-order valence-electron chi connectivity index (χ0n) is 45.7. The maximum Gasteiger partial charge on any atom is 0.333 e. The van der Waals surface area contributed by atoms with Gasteiger partial charge in [-0.2, -0.15) is 0 Å². The van der Waals surface area contributed by atoms with E-state index in [9.17, 15) is 0 Å². The molecule has 2 nitrogen and oxygen atoms in total. The van der Waals surface area contributed by atoms with E-state index < -0.39 is 0 Å². The van der Waals surface area contributed by atoms with Gasteiger partial charge in [-0.3, -0.25) is 0 Å². The van der Waals surface area contributed by atoms with E-state index in [0.717, 1.165) is 35.5 Å². The molecule has 374 valence electrons. The van der Waals surface area contributed by atoms with Crippen molar-refractivity contribution >= 4 is 67.4 Å². The quantitative estimate of drug-likeness (QED) is 0.160. The normalized spacial score (nSPS) is 30.8. The Hall–Kier alpha value is -5.54. The van der Waals surface area contributed by atoms with Crippen LogP contribution in [0.25, 0.3) is 54.8 Å². The maximum atomic E-state index is 2.94. The summed E-state index contributed by atoms with van der Waals surface area (Å²) in [5, 5.41) is 5.71. The Morgan fingerprint density at radius 1 is 0.480 bits per heavy atom. The summed E-state index contributed by atoms with van der Waals surface area (Å²) in [4.78, 5) is 2.81. The van der Waals surface area contributed by atoms with Crippen LogP contribution in [0, 0.1) is 42.4 Å². The fourth-order valence-corrected chi connectivity index (χ4v) is 21.3. The van der Waals surface area contributed by atoms with E-state index in [0.29, 0.717) is 5.41 Å². The molecule has 20 rings (SSSR count). The highest BCUT2D eigenvalue weighted by atomic mass is 15.2. The van der Waals surface area contributed by atoms with Crippen molar-refractivity contribution in [2.75, 3.05) is 4.90 Å². The van der Waals surface area contributed by atoms with E-state index in [2.05, 4.69) is 167 Å². The third-order valence-corrected chi connectivity index (χ3v) is 23.9. The lowest BCUT2D eigenvalue weighted by Gasteiger charge is -2.57. The Labute approximate surface area is 445 Å². The number of rotatable bonds is 3. The van der Waals surface area contributed by atoms with Gasteiger partial charge in [0.25, 0.3) is 0 Å². The summed E-state index contributed by atoms with van der Waals surface area (Å²) in [5.41, 5.74) is 27.3. The van der Waals surface area contributed by atoms with Crippen LogP contribution >= 0.6 is 0 Å². The van der Waals surface area contributed by atoms with E-state index in [-0.39, 0.29) is 28.5 Å². The van der Waals surface area contributed by atoms with Crippen molar-refractivity contribution in [1.82, 2.24) is 4.48 Å². The first-order valence-electron chi connectivity index (χ1n) is 30.1. The standard InChI is InChI=1S/C72H73BN2/c1-40-20-57-58(69(4,5)19-18-68(57,2)3)33-61(40)74-62-28-48-13-9-8-12-47(48)27-59(62)73-66-63(74)32-53-51-14-10-11-15-56(51)70(6,7)65(53)64(66)55-31-50(72-37-44-24-45(38-72)26-46(25-44)39-72)30-54-52-29-49(16-17-60(52)75(73)67(54)55)71-34-41-21-42(35-71)23-43(22-41)36-71/h8-17,20,27-33,41-46H,18-19,21-26,34-39H2,1-7H3. The van der Waals surface area contributed by atoms with Gasteiger partial charge in [-0.15, -0.1) is 0 Å². The second-order valence-electron chi connectivity index (χ2n) is 29.6. The minimum Gasteiger partial charge on any atom is -0.375 e. The molecule has 3 heteroatoms. The van der Waals surface area contributed by atoms with Crippen LogP contribution < -0.4 is 15.8 Å². The molecule has 10 aliphatic carbocycles. The fraction of sp³-hybridized carbons (Fsp3) is 0.444. The highest BCUT2D eigenvalue weighted by molar-refractivity contribution is 6.90. The van der Waals surface area contributed by atoms with Crippen LogP contribution in [0.4, 0.5) is 17.1 Å². The zero-order valence-corrected chi connectivity index (χ0v) is 45.7. The van der Waals surface area contributed by atoms with Gasteiger partial charge in [0, 0.05) is 49.8 Å². The number of anilines is 3. The minimum absolute atomic E-state index is 0.00674. The predicted octanol–water partition coefficient (Wildman–Crippen LogP) is 17.3. The second kappa shape index (κ2) is 13.9. The first-order valence-corrected chi connectivity index (χ1v) is 30.1. The van der Waals surface area contributed by atoms with Crippen molar-refractivity contribution in [2.45, 2.75) is 165 Å². The molecule has 8 fully saturated rings. The first kappa shape index (κ1) is 43.6. The van der Waals surface area contributed by atoms with Gasteiger partial charge in [0.1, 0.15) is 0 Å². The lowest BCUT2D eigenvalue weighted by Crippen LogP contribution is -2.57. The maximum absolute atomic E-state index is 2.94. The number of fused-ring (bicyclic) bond motifs is 13. The fourth-order valence-electron chi connectivity index (χ4n) is 21.3. The lowest BCUT2D eigenvalue weighted by molar-refractivity contribution is -0.00527. The van der Waals surface area contributed by atoms with Gasteiger partial charge in [-0.25, -0.2) is 0 Å². The molecule has 1 aromatic heterocycles. The van der Waals surface area contributed by atoms with Gasteiger partial charge in [-0.05, 0) is 274 Å². The van der Waals surface area contributed by atoms with Crippen molar-refractivity contribution in [1.29, 1.82) is 0 Å². The highest BCUT2D eigenvalue weighted by Gasteiger charge is 2.55. The van der Waals surface area contributed by atoms with E-state index in [4.69, 9.17) is 0 Å². The van der Waals surface area contributed by atoms with Gasteiger partial charge in [0.15, 0.2) is 0 Å². The third kappa shape index (κ3) is 5.50. The SMILES string of the molecule is Cc1cc2c(cc1N1c3cc4ccccc4cc3B3c4c1cc1c(c4-c4cc(C56CC7CC(CC(C7)C5)C6)cc5c6cc(C78CC9CC(CC(C9)C7)C8)ccc6n3c45)C(C)(C)c3ccccc3-1)C(C)(C)CCC2(C)C. The Bertz CT molecular complexity index is 3860. The average molecular weight is 977 g/mol. The molecule has 0 N–H and O–H groups in total. The first-order chi connectivity index (χ1) is 36.1. The summed E-state index contributed by atoms with van der Waals surface area (Å²) in [6.07, 6.45) is 19.6. The largest absolute Gasteiger partial charge is 0.375 e. The molecule has 75 heavy (non-hydrogen) atoms. The second-order valence-corrected chi connectivity index (χ2v) is 29.6. The summed E-state index contributed by atoms with van der Waals surface area (Å²) < 4.78 is 2.94. The number of aryl methyl sites for hydroxylation is 1. The minimum atomic E-state index is -0.185. The molecule has 0 unspecified atom stereocenters. The van der Waals surface area contributed by atoms with Crippen LogP contribution in [0.5, 0.6) is 0 Å². The molecule has 8 saturated carbocycles. The average Bonchev–Trinajstić information content (AvgIpc) is 4.11.